The summed E-state index contributed by atoms with van der Waals surface area (Å²) in [5, 5.41) is 13.7. The number of hydrogen-bond acceptors (Lipinski definition) is 6. The fourth-order valence-electron chi connectivity index (χ4n) is 2.36. The highest BCUT2D eigenvalue weighted by Gasteiger charge is 2.28. The first kappa shape index (κ1) is 12.8. The summed E-state index contributed by atoms with van der Waals surface area (Å²) < 4.78 is 3.99. The normalized spacial score (nSPS) is 14.9. The lowest BCUT2D eigenvalue weighted by molar-refractivity contribution is 0.565. The Kier molecular flexibility index (Phi) is 3.12. The third-order valence-electron chi connectivity index (χ3n) is 3.52. The van der Waals surface area contributed by atoms with E-state index in [1.807, 2.05) is 29.1 Å². The van der Waals surface area contributed by atoms with Gasteiger partial charge in [-0.25, -0.2) is 9.67 Å². The second kappa shape index (κ2) is 5.12. The number of rotatable bonds is 5. The molecule has 0 saturated heterocycles. The standard InChI is InChI=1S/C13H15N7S/c14-7-6-10-12(15-11-3-1-2-8-19(10)11)21-13-16-17-18-20(13)9-4-5-9/h1-3,8-9H,4-7,14H2. The Morgan fingerprint density at radius 2 is 2.24 bits per heavy atom. The number of nitrogens with two attached hydrogens (primary N) is 1. The van der Waals surface area contributed by atoms with E-state index in [1.54, 1.807) is 0 Å². The van der Waals surface area contributed by atoms with E-state index < -0.39 is 0 Å². The molecule has 3 aromatic heterocycles. The first-order valence-corrected chi connectivity index (χ1v) is 7.80. The third-order valence-corrected chi connectivity index (χ3v) is 4.49. The molecule has 0 radical (unpaired) electrons. The number of hydrogen-bond donors (Lipinski definition) is 1. The number of fused-ring (bicyclic) bond motifs is 1. The van der Waals surface area contributed by atoms with Crippen LogP contribution in [0.1, 0.15) is 24.6 Å². The van der Waals surface area contributed by atoms with Crippen molar-refractivity contribution in [3.63, 3.8) is 0 Å². The summed E-state index contributed by atoms with van der Waals surface area (Å²) in [5.41, 5.74) is 7.78. The van der Waals surface area contributed by atoms with Crippen molar-refractivity contribution >= 4 is 17.4 Å². The molecule has 4 rings (SSSR count). The fraction of sp³-hybridized carbons (Fsp3) is 0.385. The maximum atomic E-state index is 5.75. The molecule has 0 aliphatic heterocycles. The Labute approximate surface area is 125 Å². The number of tetrazole rings is 1. The van der Waals surface area contributed by atoms with Gasteiger partial charge in [0.15, 0.2) is 0 Å². The Hall–Kier alpha value is -1.93. The first-order chi connectivity index (χ1) is 10.4. The van der Waals surface area contributed by atoms with Gasteiger partial charge in [-0.05, 0) is 53.7 Å². The van der Waals surface area contributed by atoms with E-state index in [9.17, 15) is 0 Å². The lowest BCUT2D eigenvalue weighted by atomic mass is 10.3. The van der Waals surface area contributed by atoms with Crippen LogP contribution in [0.3, 0.4) is 0 Å². The minimum atomic E-state index is 0.456. The van der Waals surface area contributed by atoms with Crippen LogP contribution in [0.25, 0.3) is 5.65 Å². The van der Waals surface area contributed by atoms with Crippen LogP contribution in [-0.2, 0) is 6.42 Å². The molecule has 0 spiro atoms. The summed E-state index contributed by atoms with van der Waals surface area (Å²) in [4.78, 5) is 4.69. The molecular weight excluding hydrogens is 286 g/mol. The van der Waals surface area contributed by atoms with Crippen molar-refractivity contribution in [3.05, 3.63) is 30.1 Å². The molecule has 8 heteroatoms. The van der Waals surface area contributed by atoms with E-state index in [0.29, 0.717) is 12.6 Å². The zero-order valence-electron chi connectivity index (χ0n) is 11.4. The number of pyridine rings is 1. The molecule has 21 heavy (non-hydrogen) atoms. The van der Waals surface area contributed by atoms with Gasteiger partial charge in [-0.3, -0.25) is 0 Å². The maximum Gasteiger partial charge on any atom is 0.215 e. The largest absolute Gasteiger partial charge is 0.330 e. The zero-order chi connectivity index (χ0) is 14.2. The molecule has 2 N–H and O–H groups in total. The van der Waals surface area contributed by atoms with Crippen molar-refractivity contribution in [2.75, 3.05) is 6.54 Å². The summed E-state index contributed by atoms with van der Waals surface area (Å²) in [6, 6.07) is 6.43. The van der Waals surface area contributed by atoms with Gasteiger partial charge in [0.1, 0.15) is 10.7 Å². The lowest BCUT2D eigenvalue weighted by Crippen LogP contribution is -2.06. The molecule has 0 bridgehead atoms. The molecule has 3 heterocycles. The Morgan fingerprint density at radius 3 is 3.05 bits per heavy atom. The average molecular weight is 301 g/mol. The molecule has 108 valence electrons. The minimum absolute atomic E-state index is 0.456. The summed E-state index contributed by atoms with van der Waals surface area (Å²) in [6.45, 7) is 0.587. The second-order valence-corrected chi connectivity index (χ2v) is 6.03. The Bertz CT molecular complexity index is 774. The molecule has 7 nitrogen and oxygen atoms in total. The summed E-state index contributed by atoms with van der Waals surface area (Å²) in [7, 11) is 0. The Balaban J connectivity index is 1.75. The minimum Gasteiger partial charge on any atom is -0.330 e. The molecule has 0 atom stereocenters. The third kappa shape index (κ3) is 2.30. The number of imidazole rings is 1. The number of aromatic nitrogens is 6. The van der Waals surface area contributed by atoms with Crippen molar-refractivity contribution < 1.29 is 0 Å². The lowest BCUT2D eigenvalue weighted by Gasteiger charge is -2.03. The van der Waals surface area contributed by atoms with Crippen molar-refractivity contribution in [1.82, 2.24) is 29.6 Å². The van der Waals surface area contributed by atoms with Crippen LogP contribution < -0.4 is 5.73 Å². The van der Waals surface area contributed by atoms with Gasteiger partial charge in [-0.1, -0.05) is 6.07 Å². The van der Waals surface area contributed by atoms with E-state index >= 15 is 0 Å². The average Bonchev–Trinajstić information content (AvgIpc) is 3.15. The number of nitrogens with zero attached hydrogens (tertiary/aromatic N) is 6. The molecule has 1 aliphatic carbocycles. The van der Waals surface area contributed by atoms with Gasteiger partial charge < -0.3 is 10.1 Å². The smallest absolute Gasteiger partial charge is 0.215 e. The van der Waals surface area contributed by atoms with Crippen LogP contribution in [0.5, 0.6) is 0 Å². The summed E-state index contributed by atoms with van der Waals surface area (Å²) in [6.07, 6.45) is 5.10. The highest BCUT2D eigenvalue weighted by Crippen LogP contribution is 2.38. The SMILES string of the molecule is NCCc1c(Sc2nnnn2C2CC2)nc2ccccn12. The van der Waals surface area contributed by atoms with Crippen molar-refractivity contribution in [1.29, 1.82) is 0 Å². The molecule has 0 amide bonds. The molecular formula is C13H15N7S. The van der Waals surface area contributed by atoms with Crippen LogP contribution >= 0.6 is 11.8 Å². The van der Waals surface area contributed by atoms with Gasteiger partial charge in [0.25, 0.3) is 0 Å². The second-order valence-electron chi connectivity index (χ2n) is 5.07. The maximum absolute atomic E-state index is 5.75. The predicted octanol–water partition coefficient (Wildman–Crippen LogP) is 1.31. The van der Waals surface area contributed by atoms with Gasteiger partial charge in [0.2, 0.25) is 5.16 Å². The van der Waals surface area contributed by atoms with Crippen LogP contribution in [0, 0.1) is 0 Å². The van der Waals surface area contributed by atoms with E-state index in [1.165, 1.54) is 11.8 Å². The predicted molar refractivity (Wildman–Crippen MR) is 78.2 cm³/mol. The van der Waals surface area contributed by atoms with Gasteiger partial charge >= 0.3 is 0 Å². The monoisotopic (exact) mass is 301 g/mol. The van der Waals surface area contributed by atoms with E-state index in [4.69, 9.17) is 5.73 Å². The van der Waals surface area contributed by atoms with Crippen LogP contribution in [0.4, 0.5) is 0 Å². The van der Waals surface area contributed by atoms with Gasteiger partial charge in [-0.15, -0.1) is 5.10 Å². The van der Waals surface area contributed by atoms with Crippen molar-refractivity contribution in [3.8, 4) is 0 Å². The fourth-order valence-corrected chi connectivity index (χ4v) is 3.35. The van der Waals surface area contributed by atoms with E-state index in [0.717, 1.165) is 40.8 Å². The first-order valence-electron chi connectivity index (χ1n) is 6.98. The topological polar surface area (TPSA) is 86.9 Å². The Morgan fingerprint density at radius 1 is 1.33 bits per heavy atom. The van der Waals surface area contributed by atoms with Crippen LogP contribution in [-0.4, -0.2) is 36.1 Å². The molecule has 3 aromatic rings. The molecule has 1 aliphatic rings. The summed E-state index contributed by atoms with van der Waals surface area (Å²) in [5.74, 6) is 0. The van der Waals surface area contributed by atoms with E-state index in [2.05, 4.69) is 24.9 Å². The summed E-state index contributed by atoms with van der Waals surface area (Å²) >= 11 is 1.52. The molecule has 1 saturated carbocycles. The van der Waals surface area contributed by atoms with Gasteiger partial charge in [0.05, 0.1) is 11.7 Å². The van der Waals surface area contributed by atoms with Crippen LogP contribution in [0.15, 0.2) is 34.6 Å². The zero-order valence-corrected chi connectivity index (χ0v) is 12.2. The van der Waals surface area contributed by atoms with Crippen LogP contribution in [0.2, 0.25) is 0 Å². The molecule has 0 aromatic carbocycles. The highest BCUT2D eigenvalue weighted by atomic mass is 32.2. The highest BCUT2D eigenvalue weighted by molar-refractivity contribution is 7.99. The molecule has 0 unspecified atom stereocenters. The molecule has 1 fully saturated rings. The quantitative estimate of drug-likeness (QED) is 0.764. The van der Waals surface area contributed by atoms with Gasteiger partial charge in [0, 0.05) is 12.6 Å². The van der Waals surface area contributed by atoms with E-state index in [-0.39, 0.29) is 0 Å². The van der Waals surface area contributed by atoms with Crippen molar-refractivity contribution in [2.24, 2.45) is 5.73 Å². The van der Waals surface area contributed by atoms with Gasteiger partial charge in [-0.2, -0.15) is 0 Å². The van der Waals surface area contributed by atoms with Crippen molar-refractivity contribution in [2.45, 2.75) is 35.5 Å².